The van der Waals surface area contributed by atoms with Crippen molar-refractivity contribution >= 4 is 32.2 Å². The average molecular weight is 255 g/mol. The molecule has 3 nitrogen and oxygen atoms in total. The van der Waals surface area contributed by atoms with Crippen molar-refractivity contribution in [3.05, 3.63) is 0 Å². The zero-order valence-electron chi connectivity index (χ0n) is 5.76. The van der Waals surface area contributed by atoms with E-state index in [4.69, 9.17) is 5.73 Å². The minimum Gasteiger partial charge on any atom is -0.321 e. The van der Waals surface area contributed by atoms with Crippen molar-refractivity contribution in [1.29, 1.82) is 0 Å². The molecule has 0 aliphatic heterocycles. The van der Waals surface area contributed by atoms with Crippen LogP contribution in [0.1, 0.15) is 19.8 Å². The van der Waals surface area contributed by atoms with Crippen LogP contribution in [0.2, 0.25) is 0 Å². The van der Waals surface area contributed by atoms with E-state index in [1.165, 1.54) is 6.92 Å². The summed E-state index contributed by atoms with van der Waals surface area (Å²) in [6.45, 7) is 1.49. The number of hydrogen-bond donors (Lipinski definition) is 1. The third-order valence-electron chi connectivity index (χ3n) is 1.10. The second-order valence-corrected chi connectivity index (χ2v) is 3.21. The van der Waals surface area contributed by atoms with Crippen LogP contribution in [0.3, 0.4) is 0 Å². The SMILES string of the molecule is CC(=O)CCC(N)C(=O)I. The molecule has 0 saturated carbocycles. The summed E-state index contributed by atoms with van der Waals surface area (Å²) in [6, 6.07) is -0.468. The summed E-state index contributed by atoms with van der Waals surface area (Å²) in [6.07, 6.45) is 0.868. The van der Waals surface area contributed by atoms with Gasteiger partial charge in [0.05, 0.1) is 6.04 Å². The third kappa shape index (κ3) is 4.87. The van der Waals surface area contributed by atoms with Gasteiger partial charge in [0.25, 0.3) is 0 Å². The molecule has 0 aromatic rings. The van der Waals surface area contributed by atoms with Crippen LogP contribution >= 0.6 is 22.6 Å². The third-order valence-corrected chi connectivity index (χ3v) is 1.90. The number of nitrogens with two attached hydrogens (primary N) is 1. The van der Waals surface area contributed by atoms with E-state index in [1.54, 1.807) is 22.6 Å². The molecule has 4 heteroatoms. The van der Waals surface area contributed by atoms with Crippen molar-refractivity contribution in [1.82, 2.24) is 0 Å². The van der Waals surface area contributed by atoms with Crippen molar-refractivity contribution in [2.24, 2.45) is 5.73 Å². The summed E-state index contributed by atoms with van der Waals surface area (Å²) in [5.41, 5.74) is 5.36. The molecule has 0 bridgehead atoms. The molecule has 58 valence electrons. The minimum absolute atomic E-state index is 0.0769. The van der Waals surface area contributed by atoms with E-state index in [1.807, 2.05) is 0 Å². The number of carbonyl (C=O) groups is 2. The zero-order chi connectivity index (χ0) is 8.15. The Bertz CT molecular complexity index is 147. The second-order valence-electron chi connectivity index (χ2n) is 2.15. The highest BCUT2D eigenvalue weighted by molar-refractivity contribution is 14.1. The highest BCUT2D eigenvalue weighted by Gasteiger charge is 2.09. The topological polar surface area (TPSA) is 60.2 Å². The Morgan fingerprint density at radius 3 is 2.40 bits per heavy atom. The Kier molecular flexibility index (Phi) is 4.80. The normalized spacial score (nSPS) is 12.7. The number of Topliss-reactive ketones (excluding diaryl/α,β-unsaturated/α-hetero) is 1. The van der Waals surface area contributed by atoms with E-state index in [2.05, 4.69) is 0 Å². The standard InChI is InChI=1S/C6H10INO2/c1-4(9)2-3-5(8)6(7)10/h5H,2-3,8H2,1H3. The number of rotatable bonds is 4. The molecule has 0 aliphatic rings. The van der Waals surface area contributed by atoms with Crippen LogP contribution < -0.4 is 5.73 Å². The summed E-state index contributed by atoms with van der Waals surface area (Å²) < 4.78 is -0.0844. The number of halogens is 1. The minimum atomic E-state index is -0.468. The van der Waals surface area contributed by atoms with Gasteiger partial charge >= 0.3 is 0 Å². The molecule has 0 amide bonds. The van der Waals surface area contributed by atoms with Crippen molar-refractivity contribution < 1.29 is 9.59 Å². The summed E-state index contributed by atoms with van der Waals surface area (Å²) in [4.78, 5) is 20.9. The van der Waals surface area contributed by atoms with Gasteiger partial charge in [-0.1, -0.05) is 0 Å². The first-order chi connectivity index (χ1) is 4.54. The molecule has 0 aliphatic carbocycles. The Morgan fingerprint density at radius 1 is 1.60 bits per heavy atom. The molecule has 0 heterocycles. The van der Waals surface area contributed by atoms with Gasteiger partial charge in [-0.25, -0.2) is 0 Å². The lowest BCUT2D eigenvalue weighted by molar-refractivity contribution is -0.117. The average Bonchev–Trinajstić information content (AvgIpc) is 1.82. The Balaban J connectivity index is 3.49. The molecule has 0 aromatic carbocycles. The second kappa shape index (κ2) is 4.79. The molecule has 1 unspecified atom stereocenters. The van der Waals surface area contributed by atoms with Gasteiger partial charge in [0.2, 0.25) is 3.79 Å². The van der Waals surface area contributed by atoms with E-state index >= 15 is 0 Å². The van der Waals surface area contributed by atoms with Crippen LogP contribution in [0.25, 0.3) is 0 Å². The van der Waals surface area contributed by atoms with Crippen LogP contribution in [0, 0.1) is 0 Å². The van der Waals surface area contributed by atoms with Crippen molar-refractivity contribution in [3.8, 4) is 0 Å². The first kappa shape index (κ1) is 10.0. The summed E-state index contributed by atoms with van der Waals surface area (Å²) in [7, 11) is 0. The highest BCUT2D eigenvalue weighted by atomic mass is 127. The van der Waals surface area contributed by atoms with Gasteiger partial charge < -0.3 is 10.5 Å². The van der Waals surface area contributed by atoms with E-state index in [9.17, 15) is 9.59 Å². The van der Waals surface area contributed by atoms with Gasteiger partial charge in [0.15, 0.2) is 0 Å². The van der Waals surface area contributed by atoms with Crippen molar-refractivity contribution in [3.63, 3.8) is 0 Å². The smallest absolute Gasteiger partial charge is 0.208 e. The molecular weight excluding hydrogens is 245 g/mol. The van der Waals surface area contributed by atoms with E-state index in [0.717, 1.165) is 0 Å². The Hall–Kier alpha value is 0.0300. The molecule has 0 fully saturated rings. The molecule has 10 heavy (non-hydrogen) atoms. The Morgan fingerprint density at radius 2 is 2.10 bits per heavy atom. The van der Waals surface area contributed by atoms with E-state index in [0.29, 0.717) is 12.8 Å². The first-order valence-electron chi connectivity index (χ1n) is 2.98. The highest BCUT2D eigenvalue weighted by Crippen LogP contribution is 2.00. The predicted molar refractivity (Wildman–Crippen MR) is 46.9 cm³/mol. The van der Waals surface area contributed by atoms with E-state index < -0.39 is 6.04 Å². The quantitative estimate of drug-likeness (QED) is 0.592. The van der Waals surface area contributed by atoms with Crippen LogP contribution in [-0.2, 0) is 9.59 Å². The maximum absolute atomic E-state index is 10.5. The molecule has 0 spiro atoms. The van der Waals surface area contributed by atoms with Gasteiger partial charge in [-0.05, 0) is 13.3 Å². The molecular formula is C6H10INO2. The lowest BCUT2D eigenvalue weighted by atomic mass is 10.1. The van der Waals surface area contributed by atoms with Gasteiger partial charge in [0.1, 0.15) is 5.78 Å². The van der Waals surface area contributed by atoms with Crippen LogP contribution in [0.15, 0.2) is 0 Å². The van der Waals surface area contributed by atoms with Gasteiger partial charge in [-0.3, -0.25) is 4.79 Å². The predicted octanol–water partition coefficient (Wildman–Crippen LogP) is 0.645. The molecule has 2 N–H and O–H groups in total. The maximum atomic E-state index is 10.5. The van der Waals surface area contributed by atoms with E-state index in [-0.39, 0.29) is 9.57 Å². The monoisotopic (exact) mass is 255 g/mol. The fraction of sp³-hybridized carbons (Fsp3) is 0.667. The molecule has 0 saturated heterocycles. The number of carbonyl (C=O) groups excluding carboxylic acids is 2. The molecule has 1 atom stereocenters. The van der Waals surface area contributed by atoms with Crippen LogP contribution in [-0.4, -0.2) is 15.6 Å². The van der Waals surface area contributed by atoms with Gasteiger partial charge in [0, 0.05) is 29.0 Å². The summed E-state index contributed by atoms with van der Waals surface area (Å²) in [5, 5.41) is 0. The molecule has 0 radical (unpaired) electrons. The fourth-order valence-corrected chi connectivity index (χ4v) is 0.784. The number of hydrogen-bond acceptors (Lipinski definition) is 3. The fourth-order valence-electron chi connectivity index (χ4n) is 0.472. The van der Waals surface area contributed by atoms with Crippen molar-refractivity contribution in [2.45, 2.75) is 25.8 Å². The Labute approximate surface area is 73.5 Å². The number of ketones is 1. The van der Waals surface area contributed by atoms with Crippen LogP contribution in [0.5, 0.6) is 0 Å². The first-order valence-corrected chi connectivity index (χ1v) is 4.06. The van der Waals surface area contributed by atoms with Crippen LogP contribution in [0.4, 0.5) is 0 Å². The molecule has 0 aromatic heterocycles. The maximum Gasteiger partial charge on any atom is 0.208 e. The van der Waals surface area contributed by atoms with Gasteiger partial charge in [-0.2, -0.15) is 0 Å². The lowest BCUT2D eigenvalue weighted by Crippen LogP contribution is -2.26. The van der Waals surface area contributed by atoms with Gasteiger partial charge in [-0.15, -0.1) is 0 Å². The lowest BCUT2D eigenvalue weighted by Gasteiger charge is -2.02. The molecule has 0 rings (SSSR count). The summed E-state index contributed by atoms with van der Waals surface area (Å²) >= 11 is 1.64. The largest absolute Gasteiger partial charge is 0.321 e. The zero-order valence-corrected chi connectivity index (χ0v) is 7.92. The van der Waals surface area contributed by atoms with Crippen molar-refractivity contribution in [2.75, 3.05) is 0 Å². The summed E-state index contributed by atoms with van der Waals surface area (Å²) in [5.74, 6) is 0.0769.